The maximum absolute atomic E-state index is 12.7. The second-order valence-electron chi connectivity index (χ2n) is 15.0. The first-order chi connectivity index (χ1) is 18.4. The number of hydrogen-bond donors (Lipinski definition) is 0. The van der Waals surface area contributed by atoms with Crippen molar-refractivity contribution >= 4 is 5.97 Å². The molecule has 5 aliphatic carbocycles. The maximum atomic E-state index is 12.7. The molecule has 0 amide bonds. The monoisotopic (exact) mass is 524 g/mol. The van der Waals surface area contributed by atoms with E-state index >= 15 is 0 Å². The van der Waals surface area contributed by atoms with E-state index in [4.69, 9.17) is 4.74 Å². The van der Waals surface area contributed by atoms with Gasteiger partial charge in [0.2, 0.25) is 0 Å². The average molecular weight is 525 g/mol. The molecule has 7 atom stereocenters. The van der Waals surface area contributed by atoms with Crippen molar-refractivity contribution in [3.8, 4) is 0 Å². The quantitative estimate of drug-likeness (QED) is 0.153. The van der Waals surface area contributed by atoms with Gasteiger partial charge in [-0.05, 0) is 98.2 Å². The molecule has 2 nitrogen and oxygen atoms in total. The van der Waals surface area contributed by atoms with Gasteiger partial charge >= 0.3 is 5.97 Å². The average Bonchev–Trinajstić information content (AvgIpc) is 3.26. The molecule has 0 bridgehead atoms. The van der Waals surface area contributed by atoms with E-state index in [1.807, 2.05) is 0 Å². The molecular weight excluding hydrogens is 464 g/mol. The molecule has 5 rings (SSSR count). The van der Waals surface area contributed by atoms with Crippen LogP contribution < -0.4 is 0 Å². The number of allylic oxidation sites excluding steroid dienone is 1. The third-order valence-corrected chi connectivity index (χ3v) is 12.9. The summed E-state index contributed by atoms with van der Waals surface area (Å²) in [5.41, 5.74) is 2.60. The Morgan fingerprint density at radius 1 is 0.868 bits per heavy atom. The van der Waals surface area contributed by atoms with Crippen molar-refractivity contribution in [3.63, 3.8) is 0 Å². The van der Waals surface area contributed by atoms with E-state index in [1.54, 1.807) is 5.57 Å². The second kappa shape index (κ2) is 12.8. The Bertz CT molecular complexity index is 808. The number of fused-ring (bicyclic) bond motifs is 5. The molecule has 0 aromatic heterocycles. The van der Waals surface area contributed by atoms with E-state index in [-0.39, 0.29) is 12.1 Å². The standard InChI is InChI=1S/C36H60O2/c1-4-5-6-7-8-12-15-28-18-20-32-31-19-17-29-26-30(38-34(37)21-16-27-13-10-9-11-14-27)22-24-36(29,3)33(31)23-25-35(28,32)2/h17,27-28,30-33H,4-16,18-26H2,1-3H3/t28-,30+,31+,32-,33+,35-,36+/m1/s1. The molecular formula is C36H60O2. The van der Waals surface area contributed by atoms with E-state index in [2.05, 4.69) is 26.8 Å². The zero-order valence-electron chi connectivity index (χ0n) is 25.4. The topological polar surface area (TPSA) is 26.3 Å². The lowest BCUT2D eigenvalue weighted by molar-refractivity contribution is -0.152. The first kappa shape index (κ1) is 28.7. The van der Waals surface area contributed by atoms with E-state index in [9.17, 15) is 4.79 Å². The van der Waals surface area contributed by atoms with Gasteiger partial charge in [0.25, 0.3) is 0 Å². The summed E-state index contributed by atoms with van der Waals surface area (Å²) in [5.74, 6) is 4.51. The summed E-state index contributed by atoms with van der Waals surface area (Å²) in [7, 11) is 0. The summed E-state index contributed by atoms with van der Waals surface area (Å²) in [6, 6.07) is 0. The van der Waals surface area contributed by atoms with Gasteiger partial charge in [-0.1, -0.05) is 103 Å². The minimum Gasteiger partial charge on any atom is -0.462 e. The van der Waals surface area contributed by atoms with E-state index in [0.29, 0.717) is 17.3 Å². The van der Waals surface area contributed by atoms with Gasteiger partial charge in [0.05, 0.1) is 0 Å². The highest BCUT2D eigenvalue weighted by molar-refractivity contribution is 5.69. The third-order valence-electron chi connectivity index (χ3n) is 12.9. The third kappa shape index (κ3) is 6.10. The van der Waals surface area contributed by atoms with Crippen molar-refractivity contribution in [2.75, 3.05) is 0 Å². The van der Waals surface area contributed by atoms with Crippen molar-refractivity contribution in [1.29, 1.82) is 0 Å². The predicted octanol–water partition coefficient (Wildman–Crippen LogP) is 10.6. The smallest absolute Gasteiger partial charge is 0.306 e. The van der Waals surface area contributed by atoms with Gasteiger partial charge in [0.15, 0.2) is 0 Å². The molecule has 0 heterocycles. The number of rotatable bonds is 11. The van der Waals surface area contributed by atoms with Crippen LogP contribution >= 0.6 is 0 Å². The fourth-order valence-corrected chi connectivity index (χ4v) is 10.5. The summed E-state index contributed by atoms with van der Waals surface area (Å²) < 4.78 is 6.10. The molecule has 5 aliphatic rings. The van der Waals surface area contributed by atoms with Crippen molar-refractivity contribution in [2.45, 2.75) is 168 Å². The predicted molar refractivity (Wildman–Crippen MR) is 159 cm³/mol. The van der Waals surface area contributed by atoms with Gasteiger partial charge in [-0.3, -0.25) is 4.79 Å². The Hall–Kier alpha value is -0.790. The normalized spacial score (nSPS) is 39.1. The highest BCUT2D eigenvalue weighted by atomic mass is 16.5. The number of carbonyl (C=O) groups excluding carboxylic acids is 1. The zero-order chi connectivity index (χ0) is 26.6. The number of ether oxygens (including phenoxy) is 1. The Balaban J connectivity index is 1.13. The van der Waals surface area contributed by atoms with Crippen LogP contribution in [-0.4, -0.2) is 12.1 Å². The number of hydrogen-bond acceptors (Lipinski definition) is 2. The van der Waals surface area contributed by atoms with Gasteiger partial charge in [-0.2, -0.15) is 0 Å². The van der Waals surface area contributed by atoms with Gasteiger partial charge < -0.3 is 4.74 Å². The van der Waals surface area contributed by atoms with Crippen molar-refractivity contribution in [1.82, 2.24) is 0 Å². The van der Waals surface area contributed by atoms with Crippen LogP contribution in [0.2, 0.25) is 0 Å². The number of esters is 1. The highest BCUT2D eigenvalue weighted by Gasteiger charge is 2.58. The Kier molecular flexibility index (Phi) is 9.68. The molecule has 0 N–H and O–H groups in total. The van der Waals surface area contributed by atoms with Crippen LogP contribution in [0.4, 0.5) is 0 Å². The molecule has 0 radical (unpaired) electrons. The molecule has 38 heavy (non-hydrogen) atoms. The molecule has 216 valence electrons. The molecule has 2 heteroatoms. The summed E-state index contributed by atoms with van der Waals surface area (Å²) >= 11 is 0. The van der Waals surface area contributed by atoms with Gasteiger partial charge in [0.1, 0.15) is 6.10 Å². The first-order valence-electron chi connectivity index (χ1n) is 17.3. The van der Waals surface area contributed by atoms with E-state index in [0.717, 1.165) is 48.9 Å². The lowest BCUT2D eigenvalue weighted by Crippen LogP contribution is -2.50. The van der Waals surface area contributed by atoms with Crippen molar-refractivity contribution in [2.24, 2.45) is 40.4 Å². The van der Waals surface area contributed by atoms with Crippen LogP contribution in [0.15, 0.2) is 11.6 Å². The molecule has 0 aromatic carbocycles. The van der Waals surface area contributed by atoms with E-state index in [1.165, 1.54) is 116 Å². The van der Waals surface area contributed by atoms with Gasteiger partial charge in [-0.25, -0.2) is 0 Å². The lowest BCUT2D eigenvalue weighted by Gasteiger charge is -2.58. The molecule has 0 spiro atoms. The molecule has 0 aromatic rings. The van der Waals surface area contributed by atoms with Crippen LogP contribution in [0.1, 0.15) is 162 Å². The fourth-order valence-electron chi connectivity index (χ4n) is 10.5. The molecule has 0 unspecified atom stereocenters. The van der Waals surface area contributed by atoms with Crippen LogP contribution in [0.3, 0.4) is 0 Å². The first-order valence-corrected chi connectivity index (χ1v) is 17.3. The van der Waals surface area contributed by atoms with Crippen LogP contribution in [-0.2, 0) is 9.53 Å². The molecule has 0 saturated heterocycles. The highest BCUT2D eigenvalue weighted by Crippen LogP contribution is 2.66. The van der Waals surface area contributed by atoms with E-state index < -0.39 is 0 Å². The second-order valence-corrected chi connectivity index (χ2v) is 15.0. The maximum Gasteiger partial charge on any atom is 0.306 e. The molecule has 0 aliphatic heterocycles. The zero-order valence-corrected chi connectivity index (χ0v) is 25.4. The molecule has 4 saturated carbocycles. The van der Waals surface area contributed by atoms with Crippen LogP contribution in [0.5, 0.6) is 0 Å². The SMILES string of the molecule is CCCCCCCC[C@@H]1CC[C@@H]2[C@@H]3CC=C4C[C@@H](OC(=O)CCC5CCCCC5)CC[C@]4(C)[C@H]3CC[C@]12C. The van der Waals surface area contributed by atoms with Crippen molar-refractivity contribution < 1.29 is 9.53 Å². The Labute approximate surface area is 235 Å². The van der Waals surface area contributed by atoms with Crippen molar-refractivity contribution in [3.05, 3.63) is 11.6 Å². The summed E-state index contributed by atoms with van der Waals surface area (Å²) in [5, 5.41) is 0. The van der Waals surface area contributed by atoms with Crippen LogP contribution in [0, 0.1) is 40.4 Å². The Morgan fingerprint density at radius 2 is 1.66 bits per heavy atom. The number of carbonyl (C=O) groups is 1. The lowest BCUT2D eigenvalue weighted by atomic mass is 9.47. The number of unbranched alkanes of at least 4 members (excludes halogenated alkanes) is 5. The summed E-state index contributed by atoms with van der Waals surface area (Å²) in [4.78, 5) is 12.7. The van der Waals surface area contributed by atoms with Gasteiger partial charge in [-0.15, -0.1) is 0 Å². The summed E-state index contributed by atoms with van der Waals surface area (Å²) in [6.07, 6.45) is 31.8. The largest absolute Gasteiger partial charge is 0.462 e. The van der Waals surface area contributed by atoms with Gasteiger partial charge in [0, 0.05) is 12.8 Å². The minimum atomic E-state index is 0.0780. The minimum absolute atomic E-state index is 0.0780. The fraction of sp³-hybridized carbons (Fsp3) is 0.917. The van der Waals surface area contributed by atoms with Crippen LogP contribution in [0.25, 0.3) is 0 Å². The summed E-state index contributed by atoms with van der Waals surface area (Å²) in [6.45, 7) is 7.62. The molecule has 4 fully saturated rings. The Morgan fingerprint density at radius 3 is 2.47 bits per heavy atom.